The van der Waals surface area contributed by atoms with E-state index in [4.69, 9.17) is 4.74 Å². The summed E-state index contributed by atoms with van der Waals surface area (Å²) in [6.07, 6.45) is 3.69. The number of piperidine rings is 1. The van der Waals surface area contributed by atoms with Gasteiger partial charge in [0.25, 0.3) is 0 Å². The Kier molecular flexibility index (Phi) is 4.64. The summed E-state index contributed by atoms with van der Waals surface area (Å²) in [4.78, 5) is 0. The van der Waals surface area contributed by atoms with Gasteiger partial charge in [-0.3, -0.25) is 0 Å². The van der Waals surface area contributed by atoms with Gasteiger partial charge in [-0.25, -0.2) is 13.1 Å². The Labute approximate surface area is 110 Å². The van der Waals surface area contributed by atoms with Crippen LogP contribution in [-0.4, -0.2) is 46.0 Å². The number of hydrogen-bond acceptors (Lipinski definition) is 4. The molecule has 0 aliphatic carbocycles. The average molecular weight is 276 g/mol. The van der Waals surface area contributed by atoms with Gasteiger partial charge in [0.05, 0.1) is 17.9 Å². The fourth-order valence-electron chi connectivity index (χ4n) is 2.79. The van der Waals surface area contributed by atoms with E-state index in [-0.39, 0.29) is 11.7 Å². The maximum atomic E-state index is 12.2. The molecular formula is C12H24N2O3S. The lowest BCUT2D eigenvalue weighted by atomic mass is 9.97. The highest BCUT2D eigenvalue weighted by Gasteiger charge is 2.33. The molecule has 0 aromatic rings. The van der Waals surface area contributed by atoms with Gasteiger partial charge in [-0.2, -0.15) is 0 Å². The lowest BCUT2D eigenvalue weighted by Crippen LogP contribution is -2.52. The molecule has 18 heavy (non-hydrogen) atoms. The summed E-state index contributed by atoms with van der Waals surface area (Å²) in [5, 5.41) is 3.25. The van der Waals surface area contributed by atoms with E-state index in [0.29, 0.717) is 6.61 Å². The molecule has 0 aromatic carbocycles. The zero-order chi connectivity index (χ0) is 13.1. The second-order valence-electron chi connectivity index (χ2n) is 5.79. The highest BCUT2D eigenvalue weighted by atomic mass is 32.2. The number of rotatable bonds is 4. The molecule has 2 heterocycles. The molecule has 2 saturated heterocycles. The molecule has 2 rings (SSSR count). The van der Waals surface area contributed by atoms with E-state index >= 15 is 0 Å². The van der Waals surface area contributed by atoms with Crippen molar-refractivity contribution in [3.63, 3.8) is 0 Å². The van der Waals surface area contributed by atoms with Crippen molar-refractivity contribution in [2.24, 2.45) is 5.92 Å². The maximum absolute atomic E-state index is 12.2. The van der Waals surface area contributed by atoms with Gasteiger partial charge in [0.2, 0.25) is 10.0 Å². The average Bonchev–Trinajstić information content (AvgIpc) is 2.29. The zero-order valence-electron chi connectivity index (χ0n) is 11.1. The molecule has 2 aliphatic heterocycles. The summed E-state index contributed by atoms with van der Waals surface area (Å²) < 4.78 is 32.6. The molecule has 106 valence electrons. The van der Waals surface area contributed by atoms with E-state index in [9.17, 15) is 8.42 Å². The molecule has 1 atom stereocenters. The van der Waals surface area contributed by atoms with E-state index in [1.807, 2.05) is 6.92 Å². The van der Waals surface area contributed by atoms with Crippen molar-refractivity contribution in [3.05, 3.63) is 0 Å². The minimum Gasteiger partial charge on any atom is -0.380 e. The highest BCUT2D eigenvalue weighted by Crippen LogP contribution is 2.21. The largest absolute Gasteiger partial charge is 0.380 e. The van der Waals surface area contributed by atoms with E-state index in [0.717, 1.165) is 45.4 Å². The Bertz CT molecular complexity index is 358. The third-order valence-electron chi connectivity index (χ3n) is 3.75. The number of hydrogen-bond donors (Lipinski definition) is 2. The van der Waals surface area contributed by atoms with Crippen LogP contribution in [0.1, 0.15) is 32.6 Å². The van der Waals surface area contributed by atoms with Gasteiger partial charge in [0.15, 0.2) is 0 Å². The van der Waals surface area contributed by atoms with Gasteiger partial charge in [-0.05, 0) is 51.6 Å². The first-order valence-corrected chi connectivity index (χ1v) is 8.44. The molecule has 0 amide bonds. The molecule has 0 radical (unpaired) electrons. The number of ether oxygens (including phenoxy) is 1. The molecule has 6 heteroatoms. The third kappa shape index (κ3) is 4.19. The summed E-state index contributed by atoms with van der Waals surface area (Å²) in [6.45, 7) is 5.03. The van der Waals surface area contributed by atoms with E-state index in [1.54, 1.807) is 0 Å². The van der Waals surface area contributed by atoms with Gasteiger partial charge < -0.3 is 10.1 Å². The molecule has 0 spiro atoms. The van der Waals surface area contributed by atoms with Crippen LogP contribution in [-0.2, 0) is 14.8 Å². The highest BCUT2D eigenvalue weighted by molar-refractivity contribution is 7.89. The lowest BCUT2D eigenvalue weighted by molar-refractivity contribution is 0.0386. The summed E-state index contributed by atoms with van der Waals surface area (Å²) in [5.41, 5.74) is -0.413. The number of sulfonamides is 1. The van der Waals surface area contributed by atoms with E-state index in [1.165, 1.54) is 0 Å². The van der Waals surface area contributed by atoms with Crippen LogP contribution >= 0.6 is 0 Å². The maximum Gasteiger partial charge on any atom is 0.212 e. The van der Waals surface area contributed by atoms with E-state index in [2.05, 4.69) is 10.0 Å². The van der Waals surface area contributed by atoms with Crippen LogP contribution in [0.2, 0.25) is 0 Å². The van der Waals surface area contributed by atoms with E-state index < -0.39 is 15.6 Å². The summed E-state index contributed by atoms with van der Waals surface area (Å²) in [6, 6.07) is 0. The first-order valence-electron chi connectivity index (χ1n) is 6.79. The Morgan fingerprint density at radius 3 is 2.72 bits per heavy atom. The van der Waals surface area contributed by atoms with Crippen molar-refractivity contribution in [1.29, 1.82) is 0 Å². The Hall–Kier alpha value is -0.170. The van der Waals surface area contributed by atoms with Crippen LogP contribution in [0.5, 0.6) is 0 Å². The standard InChI is InChI=1S/C12H24N2O3S/c1-12(5-2-8-17-10-12)14-18(15,16)9-11-3-6-13-7-4-11/h11,13-14H,2-10H2,1H3. The topological polar surface area (TPSA) is 67.4 Å². The first kappa shape index (κ1) is 14.2. The second-order valence-corrected chi connectivity index (χ2v) is 7.56. The molecule has 2 N–H and O–H groups in total. The van der Waals surface area contributed by atoms with Gasteiger partial charge in [0.1, 0.15) is 0 Å². The van der Waals surface area contributed by atoms with Crippen molar-refractivity contribution < 1.29 is 13.2 Å². The lowest BCUT2D eigenvalue weighted by Gasteiger charge is -2.34. The Balaban J connectivity index is 1.89. The predicted molar refractivity (Wildman–Crippen MR) is 71.0 cm³/mol. The van der Waals surface area contributed by atoms with Crippen LogP contribution in [0.15, 0.2) is 0 Å². The first-order chi connectivity index (χ1) is 8.49. The molecule has 5 nitrogen and oxygen atoms in total. The SMILES string of the molecule is CC1(NS(=O)(=O)CC2CCNCC2)CCCOC1. The molecule has 0 aromatic heterocycles. The van der Waals surface area contributed by atoms with Gasteiger partial charge in [-0.1, -0.05) is 0 Å². The van der Waals surface area contributed by atoms with Crippen molar-refractivity contribution in [1.82, 2.24) is 10.0 Å². The van der Waals surface area contributed by atoms with Crippen molar-refractivity contribution >= 4 is 10.0 Å². The zero-order valence-corrected chi connectivity index (χ0v) is 11.9. The molecule has 2 aliphatic rings. The monoisotopic (exact) mass is 276 g/mol. The molecule has 0 bridgehead atoms. The predicted octanol–water partition coefficient (Wildman–Crippen LogP) is 0.475. The van der Waals surface area contributed by atoms with Crippen molar-refractivity contribution in [2.75, 3.05) is 32.1 Å². The van der Waals surface area contributed by atoms with Gasteiger partial charge in [-0.15, -0.1) is 0 Å². The van der Waals surface area contributed by atoms with Crippen LogP contribution in [0.25, 0.3) is 0 Å². The normalized spacial score (nSPS) is 31.4. The molecule has 2 fully saturated rings. The molecule has 0 saturated carbocycles. The van der Waals surface area contributed by atoms with Gasteiger partial charge >= 0.3 is 0 Å². The molecular weight excluding hydrogens is 252 g/mol. The summed E-state index contributed by atoms with van der Waals surface area (Å²) >= 11 is 0. The number of nitrogens with one attached hydrogen (secondary N) is 2. The Morgan fingerprint density at radius 2 is 2.11 bits per heavy atom. The van der Waals surface area contributed by atoms with Gasteiger partial charge in [0, 0.05) is 6.61 Å². The van der Waals surface area contributed by atoms with Crippen LogP contribution < -0.4 is 10.0 Å². The van der Waals surface area contributed by atoms with Crippen LogP contribution in [0.4, 0.5) is 0 Å². The van der Waals surface area contributed by atoms with Crippen LogP contribution in [0.3, 0.4) is 0 Å². The fourth-order valence-corrected chi connectivity index (χ4v) is 4.74. The quantitative estimate of drug-likeness (QED) is 0.783. The summed E-state index contributed by atoms with van der Waals surface area (Å²) in [5.74, 6) is 0.543. The smallest absolute Gasteiger partial charge is 0.212 e. The second kappa shape index (κ2) is 5.86. The van der Waals surface area contributed by atoms with Crippen molar-refractivity contribution in [3.8, 4) is 0 Å². The minimum atomic E-state index is -3.20. The van der Waals surface area contributed by atoms with Crippen LogP contribution in [0, 0.1) is 5.92 Å². The fraction of sp³-hybridized carbons (Fsp3) is 1.00. The summed E-state index contributed by atoms with van der Waals surface area (Å²) in [7, 11) is -3.20. The molecule has 1 unspecified atom stereocenters. The minimum absolute atomic E-state index is 0.254. The van der Waals surface area contributed by atoms with Crippen molar-refractivity contribution in [2.45, 2.75) is 38.1 Å². The third-order valence-corrected chi connectivity index (χ3v) is 5.47. The Morgan fingerprint density at radius 1 is 1.39 bits per heavy atom.